The maximum Gasteiger partial charge on any atom is 0.493 e. The number of alkyl halides is 3. The zero-order valence-corrected chi connectivity index (χ0v) is 16.5. The van der Waals surface area contributed by atoms with Crippen molar-refractivity contribution in [2.45, 2.75) is 25.6 Å². The first-order valence-corrected chi connectivity index (χ1v) is 9.12. The number of nitrogens with zero attached hydrogens (tertiary/aromatic N) is 3. The maximum absolute atomic E-state index is 12.8. The van der Waals surface area contributed by atoms with Crippen LogP contribution in [0.3, 0.4) is 0 Å². The summed E-state index contributed by atoms with van der Waals surface area (Å²) in [5.74, 6) is -2.57. The summed E-state index contributed by atoms with van der Waals surface area (Å²) < 4.78 is 38.3. The molecule has 0 bridgehead atoms. The molecule has 156 valence electrons. The Kier molecular flexibility index (Phi) is 5.93. The highest BCUT2D eigenvalue weighted by atomic mass is 35.5. The van der Waals surface area contributed by atoms with Crippen LogP contribution >= 0.6 is 23.2 Å². The van der Waals surface area contributed by atoms with Crippen molar-refractivity contribution >= 4 is 35.0 Å². The summed E-state index contributed by atoms with van der Waals surface area (Å²) in [7, 11) is 0. The van der Waals surface area contributed by atoms with E-state index in [1.54, 1.807) is 37.3 Å². The van der Waals surface area contributed by atoms with E-state index in [2.05, 4.69) is 9.82 Å². The molecule has 2 unspecified atom stereocenters. The number of anilines is 1. The van der Waals surface area contributed by atoms with Crippen LogP contribution in [-0.2, 0) is 9.63 Å². The Balaban J connectivity index is 2.14. The molecule has 0 spiro atoms. The van der Waals surface area contributed by atoms with Crippen LogP contribution in [0.5, 0.6) is 0 Å². The largest absolute Gasteiger partial charge is 0.493 e. The summed E-state index contributed by atoms with van der Waals surface area (Å²) in [6.45, 7) is 1.99. The third-order valence-corrected chi connectivity index (χ3v) is 5.00. The Morgan fingerprint density at radius 3 is 2.38 bits per heavy atom. The monoisotopic (exact) mass is 449 g/mol. The highest BCUT2D eigenvalue weighted by Gasteiger charge is 2.46. The molecule has 7 nitrogen and oxygen atoms in total. The van der Waals surface area contributed by atoms with Crippen LogP contribution in [0.1, 0.15) is 18.7 Å². The van der Waals surface area contributed by atoms with Crippen LogP contribution in [0.4, 0.5) is 19.0 Å². The number of fused-ring (bicyclic) bond motifs is 1. The van der Waals surface area contributed by atoms with E-state index >= 15 is 0 Å². The first-order valence-electron chi connectivity index (χ1n) is 8.36. The molecule has 29 heavy (non-hydrogen) atoms. The number of hydroxylamine groups is 1. The average molecular weight is 450 g/mol. The van der Waals surface area contributed by atoms with E-state index in [4.69, 9.17) is 34.7 Å². The van der Waals surface area contributed by atoms with Crippen LogP contribution in [0.15, 0.2) is 30.3 Å². The first kappa shape index (κ1) is 21.6. The minimum absolute atomic E-state index is 0.138. The topological polar surface area (TPSA) is 97.7 Å². The van der Waals surface area contributed by atoms with Crippen LogP contribution in [-0.4, -0.2) is 34.9 Å². The Morgan fingerprint density at radius 1 is 1.21 bits per heavy atom. The molecule has 1 aromatic heterocycles. The number of rotatable bonds is 3. The molecule has 12 heteroatoms. The highest BCUT2D eigenvalue weighted by Crippen LogP contribution is 2.39. The summed E-state index contributed by atoms with van der Waals surface area (Å²) in [6.07, 6.45) is -7.30. The molecule has 0 radical (unpaired) electrons. The SMILES string of the molecule is CCN1C(N)c2ccc(-c3c(Cl)cccc3Cl)nc2N(OC(=O)C(F)(F)F)C1N. The van der Waals surface area contributed by atoms with Crippen molar-refractivity contribution in [1.29, 1.82) is 0 Å². The lowest BCUT2D eigenvalue weighted by molar-refractivity contribution is -0.204. The van der Waals surface area contributed by atoms with Gasteiger partial charge in [-0.25, -0.2) is 14.7 Å². The Labute approximate surface area is 173 Å². The number of aromatic nitrogens is 1. The van der Waals surface area contributed by atoms with Crippen LogP contribution in [0.25, 0.3) is 11.3 Å². The van der Waals surface area contributed by atoms with E-state index in [0.717, 1.165) is 0 Å². The van der Waals surface area contributed by atoms with Gasteiger partial charge in [-0.15, -0.1) is 0 Å². The van der Waals surface area contributed by atoms with Crippen LogP contribution in [0.2, 0.25) is 10.0 Å². The summed E-state index contributed by atoms with van der Waals surface area (Å²) in [4.78, 5) is 21.8. The summed E-state index contributed by atoms with van der Waals surface area (Å²) in [5, 5.41) is 1.15. The van der Waals surface area contributed by atoms with Gasteiger partial charge in [0.05, 0.1) is 21.9 Å². The molecule has 3 rings (SSSR count). The zero-order valence-electron chi connectivity index (χ0n) is 15.0. The van der Waals surface area contributed by atoms with Crippen molar-refractivity contribution in [2.75, 3.05) is 11.6 Å². The van der Waals surface area contributed by atoms with E-state index in [0.29, 0.717) is 16.2 Å². The molecule has 1 aliphatic rings. The van der Waals surface area contributed by atoms with E-state index in [1.165, 1.54) is 4.90 Å². The van der Waals surface area contributed by atoms with Crippen molar-refractivity contribution in [2.24, 2.45) is 11.5 Å². The molecule has 0 saturated heterocycles. The minimum Gasteiger partial charge on any atom is -0.328 e. The van der Waals surface area contributed by atoms with E-state index in [-0.39, 0.29) is 28.1 Å². The van der Waals surface area contributed by atoms with Gasteiger partial charge < -0.3 is 10.6 Å². The molecule has 1 aromatic carbocycles. The minimum atomic E-state index is -5.22. The number of nitrogens with two attached hydrogens (primary N) is 2. The molecule has 0 saturated carbocycles. The van der Waals surface area contributed by atoms with Crippen molar-refractivity contribution in [1.82, 2.24) is 9.88 Å². The van der Waals surface area contributed by atoms with Gasteiger partial charge in [0.15, 0.2) is 12.1 Å². The normalized spacial score (nSPS) is 19.8. The van der Waals surface area contributed by atoms with Gasteiger partial charge in [0, 0.05) is 17.7 Å². The summed E-state index contributed by atoms with van der Waals surface area (Å²) in [5.41, 5.74) is 13.1. The molecule has 2 heterocycles. The third-order valence-electron chi connectivity index (χ3n) is 4.37. The van der Waals surface area contributed by atoms with Gasteiger partial charge in [0.25, 0.3) is 0 Å². The van der Waals surface area contributed by atoms with Crippen molar-refractivity contribution in [3.05, 3.63) is 45.9 Å². The smallest absolute Gasteiger partial charge is 0.328 e. The van der Waals surface area contributed by atoms with Crippen LogP contribution < -0.4 is 16.5 Å². The fourth-order valence-corrected chi connectivity index (χ4v) is 3.56. The van der Waals surface area contributed by atoms with Crippen LogP contribution in [0, 0.1) is 0 Å². The van der Waals surface area contributed by atoms with E-state index in [1.807, 2.05) is 0 Å². The lowest BCUT2D eigenvalue weighted by atomic mass is 10.1. The standard InChI is InChI=1S/C17H16Cl2F3N5O2/c1-2-26-13(23)8-6-7-11(12-9(18)4-3-5-10(12)19)25-14(8)27(16(26)24)29-15(28)17(20,21)22/h3-7,13,16H,2,23-24H2,1H3. The number of hydrogen-bond donors (Lipinski definition) is 2. The number of halogens is 5. The van der Waals surface area contributed by atoms with Crippen molar-refractivity contribution < 1.29 is 22.8 Å². The number of hydrogen-bond acceptors (Lipinski definition) is 7. The first-order chi connectivity index (χ1) is 13.6. The molecular formula is C17H16Cl2F3N5O2. The number of carbonyl (C=O) groups excluding carboxylic acids is 1. The fraction of sp³-hybridized carbons (Fsp3) is 0.294. The van der Waals surface area contributed by atoms with Crippen molar-refractivity contribution in [3.63, 3.8) is 0 Å². The van der Waals surface area contributed by atoms with E-state index < -0.39 is 24.6 Å². The molecular weight excluding hydrogens is 434 g/mol. The second kappa shape index (κ2) is 7.96. The molecule has 2 aromatic rings. The fourth-order valence-electron chi connectivity index (χ4n) is 2.97. The molecule has 0 amide bonds. The van der Waals surface area contributed by atoms with E-state index in [9.17, 15) is 18.0 Å². The summed E-state index contributed by atoms with van der Waals surface area (Å²) in [6, 6.07) is 7.92. The molecule has 2 atom stereocenters. The van der Waals surface area contributed by atoms with Gasteiger partial charge in [0.2, 0.25) is 0 Å². The van der Waals surface area contributed by atoms with Gasteiger partial charge in [-0.1, -0.05) is 42.3 Å². The number of benzene rings is 1. The number of pyridine rings is 1. The summed E-state index contributed by atoms with van der Waals surface area (Å²) >= 11 is 12.4. The second-order valence-electron chi connectivity index (χ2n) is 6.10. The van der Waals surface area contributed by atoms with Gasteiger partial charge in [-0.2, -0.15) is 18.2 Å². The van der Waals surface area contributed by atoms with Gasteiger partial charge in [-0.05, 0) is 18.2 Å². The molecule has 0 fully saturated rings. The Bertz CT molecular complexity index is 924. The highest BCUT2D eigenvalue weighted by molar-refractivity contribution is 6.39. The maximum atomic E-state index is 12.8. The predicted octanol–water partition coefficient (Wildman–Crippen LogP) is 3.42. The van der Waals surface area contributed by atoms with Gasteiger partial charge in [0.1, 0.15) is 0 Å². The van der Waals surface area contributed by atoms with Crippen molar-refractivity contribution in [3.8, 4) is 11.3 Å². The second-order valence-corrected chi connectivity index (χ2v) is 6.91. The quantitative estimate of drug-likeness (QED) is 0.740. The third kappa shape index (κ3) is 3.99. The lowest BCUT2D eigenvalue weighted by Gasteiger charge is -2.44. The lowest BCUT2D eigenvalue weighted by Crippen LogP contribution is -2.61. The molecule has 1 aliphatic heterocycles. The molecule has 0 aliphatic carbocycles. The Hall–Kier alpha value is -2.11. The van der Waals surface area contributed by atoms with Gasteiger partial charge >= 0.3 is 12.1 Å². The van der Waals surface area contributed by atoms with Gasteiger partial charge in [-0.3, -0.25) is 5.73 Å². The molecule has 4 N–H and O–H groups in total. The Morgan fingerprint density at radius 2 is 1.83 bits per heavy atom. The average Bonchev–Trinajstić information content (AvgIpc) is 2.64. The number of carbonyl (C=O) groups is 1. The predicted molar refractivity (Wildman–Crippen MR) is 102 cm³/mol. The zero-order chi connectivity index (χ0) is 21.5.